The second-order valence-electron chi connectivity index (χ2n) is 4.10. The van der Waals surface area contributed by atoms with E-state index in [4.69, 9.17) is 5.73 Å². The number of benzene rings is 1. The summed E-state index contributed by atoms with van der Waals surface area (Å²) in [5.41, 5.74) is 7.03. The van der Waals surface area contributed by atoms with Crippen molar-refractivity contribution in [2.45, 2.75) is 24.1 Å². The van der Waals surface area contributed by atoms with Crippen LogP contribution >= 0.6 is 23.3 Å². The minimum absolute atomic E-state index is 0.0116. The van der Waals surface area contributed by atoms with Gasteiger partial charge in [-0.3, -0.25) is 4.79 Å². The molecule has 0 unspecified atom stereocenters. The van der Waals surface area contributed by atoms with Gasteiger partial charge in [-0.2, -0.15) is 4.37 Å². The summed E-state index contributed by atoms with van der Waals surface area (Å²) in [6.45, 7) is 2.02. The molecule has 1 aromatic heterocycles. The zero-order chi connectivity index (χ0) is 14.4. The summed E-state index contributed by atoms with van der Waals surface area (Å²) in [4.78, 5) is 16.1. The van der Waals surface area contributed by atoms with E-state index in [2.05, 4.69) is 14.7 Å². The van der Waals surface area contributed by atoms with Crippen LogP contribution in [0.15, 0.2) is 28.6 Å². The average Bonchev–Trinajstić information content (AvgIpc) is 2.89. The minimum Gasteiger partial charge on any atom is -0.399 e. The van der Waals surface area contributed by atoms with Gasteiger partial charge in [0.25, 0.3) is 0 Å². The highest BCUT2D eigenvalue weighted by Crippen LogP contribution is 2.21. The van der Waals surface area contributed by atoms with E-state index in [0.717, 1.165) is 22.3 Å². The highest BCUT2D eigenvalue weighted by molar-refractivity contribution is 8.00. The molecule has 0 saturated heterocycles. The average molecular weight is 308 g/mol. The molecular formula is C13H16N4OS2. The zero-order valence-corrected chi connectivity index (χ0v) is 12.8. The third-order valence-corrected chi connectivity index (χ3v) is 4.39. The van der Waals surface area contributed by atoms with Crippen LogP contribution in [0.2, 0.25) is 0 Å². The van der Waals surface area contributed by atoms with Crippen LogP contribution in [0, 0.1) is 0 Å². The molecular weight excluding hydrogens is 292 g/mol. The van der Waals surface area contributed by atoms with Crippen LogP contribution < -0.4 is 11.1 Å². The molecule has 1 heterocycles. The lowest BCUT2D eigenvalue weighted by atomic mass is 10.3. The summed E-state index contributed by atoms with van der Waals surface area (Å²) >= 11 is 2.95. The van der Waals surface area contributed by atoms with Crippen molar-refractivity contribution in [2.75, 3.05) is 16.8 Å². The van der Waals surface area contributed by atoms with Gasteiger partial charge in [0.1, 0.15) is 5.82 Å². The fourth-order valence-corrected chi connectivity index (χ4v) is 3.17. The number of hydrogen-bond donors (Lipinski definition) is 2. The van der Waals surface area contributed by atoms with Crippen molar-refractivity contribution in [1.29, 1.82) is 0 Å². The van der Waals surface area contributed by atoms with E-state index in [1.807, 2.05) is 6.92 Å². The van der Waals surface area contributed by atoms with E-state index in [1.54, 1.807) is 36.0 Å². The van der Waals surface area contributed by atoms with Crippen LogP contribution in [0.5, 0.6) is 0 Å². The number of carbonyl (C=O) groups excluding carboxylic acids is 1. The first-order valence-electron chi connectivity index (χ1n) is 6.28. The number of rotatable bonds is 6. The normalized spacial score (nSPS) is 10.4. The maximum Gasteiger partial charge on any atom is 0.225 e. The van der Waals surface area contributed by atoms with Crippen molar-refractivity contribution in [3.8, 4) is 0 Å². The molecule has 0 saturated carbocycles. The molecule has 0 bridgehead atoms. The SMILES string of the molecule is CCc1nsc(SCCC(=O)Nc2ccc(N)cc2)n1. The highest BCUT2D eigenvalue weighted by atomic mass is 32.2. The summed E-state index contributed by atoms with van der Waals surface area (Å²) in [6.07, 6.45) is 1.28. The van der Waals surface area contributed by atoms with E-state index in [0.29, 0.717) is 17.9 Å². The van der Waals surface area contributed by atoms with Crippen molar-refractivity contribution in [3.63, 3.8) is 0 Å². The van der Waals surface area contributed by atoms with E-state index < -0.39 is 0 Å². The van der Waals surface area contributed by atoms with E-state index >= 15 is 0 Å². The van der Waals surface area contributed by atoms with Crippen molar-refractivity contribution in [2.24, 2.45) is 0 Å². The quantitative estimate of drug-likeness (QED) is 0.633. The summed E-state index contributed by atoms with van der Waals surface area (Å²) in [5, 5.41) is 2.83. The Morgan fingerprint density at radius 3 is 2.80 bits per heavy atom. The predicted molar refractivity (Wildman–Crippen MR) is 84.1 cm³/mol. The molecule has 1 amide bonds. The van der Waals surface area contributed by atoms with Crippen molar-refractivity contribution in [3.05, 3.63) is 30.1 Å². The molecule has 0 aliphatic carbocycles. The molecule has 2 rings (SSSR count). The number of hydrogen-bond acceptors (Lipinski definition) is 6. The van der Waals surface area contributed by atoms with E-state index in [1.165, 1.54) is 11.5 Å². The van der Waals surface area contributed by atoms with Crippen LogP contribution in [0.1, 0.15) is 19.2 Å². The molecule has 3 N–H and O–H groups in total. The van der Waals surface area contributed by atoms with Gasteiger partial charge in [-0.25, -0.2) is 4.98 Å². The molecule has 106 valence electrons. The third kappa shape index (κ3) is 4.50. The first kappa shape index (κ1) is 14.8. The number of anilines is 2. The Bertz CT molecular complexity index is 568. The van der Waals surface area contributed by atoms with Gasteiger partial charge in [-0.1, -0.05) is 18.7 Å². The van der Waals surface area contributed by atoms with Crippen molar-refractivity contribution >= 4 is 40.6 Å². The Kier molecular flexibility index (Phi) is 5.37. The number of amides is 1. The lowest BCUT2D eigenvalue weighted by Crippen LogP contribution is -2.12. The summed E-state index contributed by atoms with van der Waals surface area (Å²) in [6, 6.07) is 7.10. The van der Waals surface area contributed by atoms with Crippen LogP contribution in [-0.2, 0) is 11.2 Å². The zero-order valence-electron chi connectivity index (χ0n) is 11.1. The lowest BCUT2D eigenvalue weighted by molar-refractivity contribution is -0.115. The second kappa shape index (κ2) is 7.25. The van der Waals surface area contributed by atoms with Crippen LogP contribution in [-0.4, -0.2) is 21.0 Å². The number of aryl methyl sites for hydroxylation is 1. The number of carbonyl (C=O) groups is 1. The lowest BCUT2D eigenvalue weighted by Gasteiger charge is -2.04. The van der Waals surface area contributed by atoms with Gasteiger partial charge in [-0.05, 0) is 35.8 Å². The molecule has 5 nitrogen and oxygen atoms in total. The smallest absolute Gasteiger partial charge is 0.225 e. The standard InChI is InChI=1S/C13H16N4OS2/c1-2-11-16-13(20-17-11)19-8-7-12(18)15-10-5-3-9(14)4-6-10/h3-6H,2,7-8,14H2,1H3,(H,15,18). The Morgan fingerprint density at radius 2 is 2.15 bits per heavy atom. The molecule has 0 radical (unpaired) electrons. The maximum atomic E-state index is 11.8. The molecule has 0 atom stereocenters. The monoisotopic (exact) mass is 308 g/mol. The largest absolute Gasteiger partial charge is 0.399 e. The third-order valence-electron chi connectivity index (χ3n) is 2.51. The van der Waals surface area contributed by atoms with Crippen molar-refractivity contribution < 1.29 is 4.79 Å². The molecule has 0 aliphatic rings. The summed E-state index contributed by atoms with van der Waals surface area (Å²) in [5.74, 6) is 1.55. The molecule has 2 aromatic rings. The molecule has 1 aromatic carbocycles. The first-order chi connectivity index (χ1) is 9.67. The van der Waals surface area contributed by atoms with Gasteiger partial charge in [0, 0.05) is 30.0 Å². The number of thioether (sulfide) groups is 1. The molecule has 7 heteroatoms. The summed E-state index contributed by atoms with van der Waals surface area (Å²) < 4.78 is 5.12. The van der Waals surface area contributed by atoms with E-state index in [9.17, 15) is 4.79 Å². The fraction of sp³-hybridized carbons (Fsp3) is 0.308. The fourth-order valence-electron chi connectivity index (χ4n) is 1.46. The molecule has 0 aliphatic heterocycles. The first-order valence-corrected chi connectivity index (χ1v) is 8.04. The Labute approximate surface area is 126 Å². The minimum atomic E-state index is -0.0116. The van der Waals surface area contributed by atoms with Gasteiger partial charge in [0.05, 0.1) is 0 Å². The number of nitrogens with zero attached hydrogens (tertiary/aromatic N) is 2. The van der Waals surface area contributed by atoms with Crippen molar-refractivity contribution in [1.82, 2.24) is 9.36 Å². The topological polar surface area (TPSA) is 80.9 Å². The Hall–Kier alpha value is -1.60. The number of nitrogens with two attached hydrogens (primary N) is 1. The van der Waals surface area contributed by atoms with Crippen LogP contribution in [0.3, 0.4) is 0 Å². The van der Waals surface area contributed by atoms with Gasteiger partial charge in [0.2, 0.25) is 5.91 Å². The molecule has 0 spiro atoms. The Morgan fingerprint density at radius 1 is 1.40 bits per heavy atom. The van der Waals surface area contributed by atoms with Gasteiger partial charge in [0.15, 0.2) is 4.34 Å². The van der Waals surface area contributed by atoms with Crippen LogP contribution in [0.25, 0.3) is 0 Å². The summed E-state index contributed by atoms with van der Waals surface area (Å²) in [7, 11) is 0. The number of nitrogens with one attached hydrogen (secondary N) is 1. The molecule has 20 heavy (non-hydrogen) atoms. The van der Waals surface area contributed by atoms with E-state index in [-0.39, 0.29) is 5.91 Å². The maximum absolute atomic E-state index is 11.8. The molecule has 0 fully saturated rings. The second-order valence-corrected chi connectivity index (χ2v) is 6.19. The number of aromatic nitrogens is 2. The van der Waals surface area contributed by atoms with Crippen LogP contribution in [0.4, 0.5) is 11.4 Å². The van der Waals surface area contributed by atoms with Gasteiger partial charge in [-0.15, -0.1) is 0 Å². The Balaban J connectivity index is 1.73. The highest BCUT2D eigenvalue weighted by Gasteiger charge is 2.06. The van der Waals surface area contributed by atoms with Gasteiger partial charge >= 0.3 is 0 Å². The van der Waals surface area contributed by atoms with Gasteiger partial charge < -0.3 is 11.1 Å². The predicted octanol–water partition coefficient (Wildman–Crippen LogP) is 2.80. The number of nitrogen functional groups attached to an aromatic ring is 1.